The van der Waals surface area contributed by atoms with E-state index in [0.717, 1.165) is 36.0 Å². The monoisotopic (exact) mass is 424 g/mol. The molecule has 0 bridgehead atoms. The zero-order valence-corrected chi connectivity index (χ0v) is 17.7. The van der Waals surface area contributed by atoms with Crippen molar-refractivity contribution in [1.82, 2.24) is 14.9 Å². The van der Waals surface area contributed by atoms with Crippen molar-refractivity contribution in [2.75, 3.05) is 18.0 Å². The number of benzene rings is 2. The van der Waals surface area contributed by atoms with Crippen LogP contribution >= 0.6 is 11.6 Å². The van der Waals surface area contributed by atoms with Crippen LogP contribution in [0, 0.1) is 5.92 Å². The lowest BCUT2D eigenvalue weighted by molar-refractivity contribution is -0.125. The van der Waals surface area contributed by atoms with Gasteiger partial charge in [-0.05, 0) is 43.5 Å². The maximum Gasteiger partial charge on any atom is 0.293 e. The van der Waals surface area contributed by atoms with Crippen LogP contribution in [0.3, 0.4) is 0 Å². The van der Waals surface area contributed by atoms with Crippen LogP contribution in [0.1, 0.15) is 25.3 Å². The molecule has 1 amide bonds. The van der Waals surface area contributed by atoms with E-state index >= 15 is 0 Å². The molecule has 0 spiro atoms. The molecule has 1 aliphatic rings. The number of carbonyl (C=O) groups excluding carboxylic acids is 1. The molecule has 1 aliphatic heterocycles. The molecule has 2 aromatic carbocycles. The second-order valence-corrected chi connectivity index (χ2v) is 7.98. The highest BCUT2D eigenvalue weighted by Gasteiger charge is 2.28. The van der Waals surface area contributed by atoms with Crippen molar-refractivity contribution in [3.8, 4) is 0 Å². The van der Waals surface area contributed by atoms with Crippen molar-refractivity contribution in [2.24, 2.45) is 5.92 Å². The molecule has 1 aromatic heterocycles. The minimum Gasteiger partial charge on any atom is -0.352 e. The Labute approximate surface area is 180 Å². The highest BCUT2D eigenvalue weighted by Crippen LogP contribution is 2.22. The molecule has 1 unspecified atom stereocenters. The topological polar surface area (TPSA) is 67.2 Å². The van der Waals surface area contributed by atoms with E-state index in [1.807, 2.05) is 60.4 Å². The number of anilines is 1. The zero-order chi connectivity index (χ0) is 21.1. The Morgan fingerprint density at radius 3 is 2.77 bits per heavy atom. The molecule has 1 atom stereocenters. The number of nitrogens with zero attached hydrogens (tertiary/aromatic N) is 3. The van der Waals surface area contributed by atoms with Crippen LogP contribution in [-0.4, -0.2) is 28.5 Å². The second-order valence-electron chi connectivity index (χ2n) is 7.57. The third kappa shape index (κ3) is 4.05. The number of piperidine rings is 1. The normalized spacial score (nSPS) is 16.6. The van der Waals surface area contributed by atoms with Crippen molar-refractivity contribution in [3.63, 3.8) is 0 Å². The third-order valence-electron chi connectivity index (χ3n) is 5.65. The number of hydrogen-bond donors (Lipinski definition) is 1. The molecule has 156 valence electrons. The summed E-state index contributed by atoms with van der Waals surface area (Å²) in [7, 11) is 0. The van der Waals surface area contributed by atoms with Gasteiger partial charge >= 0.3 is 0 Å². The summed E-state index contributed by atoms with van der Waals surface area (Å²) in [5, 5.41) is 3.64. The van der Waals surface area contributed by atoms with Crippen molar-refractivity contribution >= 4 is 34.4 Å². The van der Waals surface area contributed by atoms with Gasteiger partial charge in [0.2, 0.25) is 5.91 Å². The van der Waals surface area contributed by atoms with Gasteiger partial charge in [-0.25, -0.2) is 4.98 Å². The molecule has 1 saturated heterocycles. The van der Waals surface area contributed by atoms with Gasteiger partial charge in [0, 0.05) is 31.2 Å². The summed E-state index contributed by atoms with van der Waals surface area (Å²) in [5.41, 5.74) is 2.41. The van der Waals surface area contributed by atoms with E-state index in [-0.39, 0.29) is 17.4 Å². The molecule has 6 nitrogen and oxygen atoms in total. The van der Waals surface area contributed by atoms with Gasteiger partial charge in [-0.3, -0.25) is 9.59 Å². The first-order valence-corrected chi connectivity index (χ1v) is 10.7. The molecule has 3 aromatic rings. The van der Waals surface area contributed by atoms with Gasteiger partial charge in [-0.15, -0.1) is 0 Å². The average molecular weight is 425 g/mol. The Morgan fingerprint density at radius 2 is 1.97 bits per heavy atom. The third-order valence-corrected chi connectivity index (χ3v) is 6.02. The number of hydrogen-bond acceptors (Lipinski definition) is 4. The maximum absolute atomic E-state index is 13.1. The number of rotatable bonds is 5. The Hall–Kier alpha value is -2.86. The van der Waals surface area contributed by atoms with Crippen LogP contribution in [0.15, 0.2) is 53.3 Å². The first kappa shape index (κ1) is 20.4. The molecule has 1 N–H and O–H groups in total. The first-order valence-electron chi connectivity index (χ1n) is 10.3. The number of amides is 1. The lowest BCUT2D eigenvalue weighted by Crippen LogP contribution is -2.45. The summed E-state index contributed by atoms with van der Waals surface area (Å²) in [4.78, 5) is 32.5. The fraction of sp³-hybridized carbons (Fsp3) is 0.348. The number of carbonyl (C=O) groups is 1. The number of halogens is 1. The van der Waals surface area contributed by atoms with Crippen molar-refractivity contribution in [2.45, 2.75) is 32.9 Å². The quantitative estimate of drug-likeness (QED) is 0.679. The summed E-state index contributed by atoms with van der Waals surface area (Å²) in [6, 6.07) is 15.2. The molecule has 0 aliphatic carbocycles. The molecule has 30 heavy (non-hydrogen) atoms. The highest BCUT2D eigenvalue weighted by atomic mass is 35.5. The van der Waals surface area contributed by atoms with Crippen LogP contribution in [-0.2, 0) is 17.9 Å². The van der Waals surface area contributed by atoms with Crippen LogP contribution in [0.4, 0.5) is 5.82 Å². The molecular weight excluding hydrogens is 400 g/mol. The predicted molar refractivity (Wildman–Crippen MR) is 120 cm³/mol. The Bertz CT molecular complexity index is 1130. The summed E-state index contributed by atoms with van der Waals surface area (Å²) < 4.78 is 1.75. The largest absolute Gasteiger partial charge is 0.352 e. The number of nitrogens with one attached hydrogen (secondary N) is 1. The second kappa shape index (κ2) is 8.88. The zero-order valence-electron chi connectivity index (χ0n) is 17.0. The van der Waals surface area contributed by atoms with E-state index in [2.05, 4.69) is 10.3 Å². The van der Waals surface area contributed by atoms with Gasteiger partial charge in [0.25, 0.3) is 5.56 Å². The van der Waals surface area contributed by atoms with Gasteiger partial charge in [0.05, 0.1) is 17.0 Å². The summed E-state index contributed by atoms with van der Waals surface area (Å²) >= 11 is 6.19. The fourth-order valence-electron chi connectivity index (χ4n) is 4.05. The Kier molecular flexibility index (Phi) is 6.04. The van der Waals surface area contributed by atoms with Crippen LogP contribution in [0.5, 0.6) is 0 Å². The summed E-state index contributed by atoms with van der Waals surface area (Å²) in [6.07, 6.45) is 1.63. The van der Waals surface area contributed by atoms with Crippen LogP contribution < -0.4 is 15.8 Å². The van der Waals surface area contributed by atoms with Crippen molar-refractivity contribution in [3.05, 3.63) is 69.5 Å². The number of fused-ring (bicyclic) bond motifs is 1. The van der Waals surface area contributed by atoms with Gasteiger partial charge in [0.15, 0.2) is 5.82 Å². The molecule has 4 rings (SSSR count). The average Bonchev–Trinajstić information content (AvgIpc) is 2.78. The molecule has 0 radical (unpaired) electrons. The van der Waals surface area contributed by atoms with E-state index in [1.165, 1.54) is 0 Å². The summed E-state index contributed by atoms with van der Waals surface area (Å²) in [6.45, 7) is 4.13. The minimum atomic E-state index is -0.191. The van der Waals surface area contributed by atoms with E-state index in [1.54, 1.807) is 4.57 Å². The van der Waals surface area contributed by atoms with Crippen molar-refractivity contribution in [1.29, 1.82) is 0 Å². The van der Waals surface area contributed by atoms with Crippen LogP contribution in [0.25, 0.3) is 11.0 Å². The number of para-hydroxylation sites is 2. The molecule has 1 fully saturated rings. The maximum atomic E-state index is 13.1. The first-order chi connectivity index (χ1) is 14.6. The molecule has 2 heterocycles. The molecule has 0 saturated carbocycles. The lowest BCUT2D eigenvalue weighted by Gasteiger charge is -2.32. The summed E-state index contributed by atoms with van der Waals surface area (Å²) in [5.74, 6) is 0.222. The predicted octanol–water partition coefficient (Wildman–Crippen LogP) is 3.60. The minimum absolute atomic E-state index is 0.0174. The van der Waals surface area contributed by atoms with Gasteiger partial charge in [0.1, 0.15) is 0 Å². The van der Waals surface area contributed by atoms with E-state index < -0.39 is 0 Å². The Balaban J connectivity index is 1.53. The SMILES string of the molecule is CCn1c(=O)c(N2CCCC(C(=O)NCc3ccccc3Cl)C2)nc2ccccc21. The molecular formula is C23H25ClN4O2. The van der Waals surface area contributed by atoms with E-state index in [0.29, 0.717) is 30.5 Å². The molecule has 7 heteroatoms. The van der Waals surface area contributed by atoms with Gasteiger partial charge in [-0.1, -0.05) is 41.9 Å². The Morgan fingerprint density at radius 1 is 1.20 bits per heavy atom. The van der Waals surface area contributed by atoms with E-state index in [4.69, 9.17) is 11.6 Å². The van der Waals surface area contributed by atoms with E-state index in [9.17, 15) is 9.59 Å². The number of aryl methyl sites for hydroxylation is 1. The standard InChI is InChI=1S/C23H25ClN4O2/c1-2-28-20-12-6-5-11-19(20)26-21(23(28)30)27-13-7-9-17(15-27)22(29)25-14-16-8-3-4-10-18(16)24/h3-6,8,10-12,17H,2,7,9,13-15H2,1H3,(H,25,29). The lowest BCUT2D eigenvalue weighted by atomic mass is 9.97. The number of aromatic nitrogens is 2. The van der Waals surface area contributed by atoms with Gasteiger partial charge < -0.3 is 14.8 Å². The smallest absolute Gasteiger partial charge is 0.293 e. The van der Waals surface area contributed by atoms with Crippen LogP contribution in [0.2, 0.25) is 5.02 Å². The van der Waals surface area contributed by atoms with Crippen molar-refractivity contribution < 1.29 is 4.79 Å². The van der Waals surface area contributed by atoms with Gasteiger partial charge in [-0.2, -0.15) is 0 Å². The highest BCUT2D eigenvalue weighted by molar-refractivity contribution is 6.31. The fourth-order valence-corrected chi connectivity index (χ4v) is 4.25.